The molecule has 0 radical (unpaired) electrons. The summed E-state index contributed by atoms with van der Waals surface area (Å²) in [5.41, 5.74) is 0.721. The first-order chi connectivity index (χ1) is 9.36. The lowest BCUT2D eigenvalue weighted by atomic mass is 10.0. The minimum absolute atomic E-state index is 0.0150. The van der Waals surface area contributed by atoms with Crippen molar-refractivity contribution >= 4 is 27.5 Å². The Labute approximate surface area is 127 Å². The summed E-state index contributed by atoms with van der Waals surface area (Å²) < 4.78 is 0. The molecule has 20 heavy (non-hydrogen) atoms. The van der Waals surface area contributed by atoms with E-state index < -0.39 is 4.92 Å². The van der Waals surface area contributed by atoms with Gasteiger partial charge in [0.05, 0.1) is 4.92 Å². The fourth-order valence-electron chi connectivity index (χ4n) is 2.06. The van der Waals surface area contributed by atoms with E-state index in [0.29, 0.717) is 22.4 Å². The maximum atomic E-state index is 12.2. The van der Waals surface area contributed by atoms with Crippen molar-refractivity contribution in [3.63, 3.8) is 0 Å². The van der Waals surface area contributed by atoms with Crippen LogP contribution in [-0.4, -0.2) is 22.2 Å². The summed E-state index contributed by atoms with van der Waals surface area (Å²) in [7, 11) is 0. The number of carbonyl (C=O) groups is 1. The molecule has 0 fully saturated rings. The van der Waals surface area contributed by atoms with Gasteiger partial charge in [0.25, 0.3) is 11.6 Å². The van der Waals surface area contributed by atoms with Gasteiger partial charge in [0.1, 0.15) is 0 Å². The Hall–Kier alpha value is -1.43. The van der Waals surface area contributed by atoms with Crippen LogP contribution in [0.5, 0.6) is 0 Å². The zero-order valence-corrected chi connectivity index (χ0v) is 13.4. The largest absolute Gasteiger partial charge is 0.348 e. The first kappa shape index (κ1) is 16.6. The van der Waals surface area contributed by atoms with Gasteiger partial charge < -0.3 is 5.32 Å². The van der Waals surface area contributed by atoms with Crippen molar-refractivity contribution in [3.05, 3.63) is 39.4 Å². The molecule has 0 saturated carbocycles. The van der Waals surface area contributed by atoms with Gasteiger partial charge in [0, 0.05) is 28.6 Å². The second kappa shape index (κ2) is 7.38. The highest BCUT2D eigenvalue weighted by atomic mass is 79.9. The van der Waals surface area contributed by atoms with Gasteiger partial charge >= 0.3 is 0 Å². The van der Waals surface area contributed by atoms with Crippen molar-refractivity contribution in [1.82, 2.24) is 5.32 Å². The van der Waals surface area contributed by atoms with Crippen LogP contribution in [0.2, 0.25) is 0 Å². The van der Waals surface area contributed by atoms with E-state index in [9.17, 15) is 14.9 Å². The van der Waals surface area contributed by atoms with E-state index in [-0.39, 0.29) is 17.6 Å². The first-order valence-electron chi connectivity index (χ1n) is 6.47. The molecule has 0 aromatic heterocycles. The normalized spacial score (nSPS) is 12.2. The summed E-state index contributed by atoms with van der Waals surface area (Å²) in [6, 6.07) is 4.56. The number of nitro groups is 1. The third kappa shape index (κ3) is 4.30. The molecular weight excluding hydrogens is 324 g/mol. The van der Waals surface area contributed by atoms with Gasteiger partial charge in [-0.1, -0.05) is 35.8 Å². The van der Waals surface area contributed by atoms with Gasteiger partial charge in [-0.2, -0.15) is 0 Å². The number of rotatable bonds is 6. The van der Waals surface area contributed by atoms with E-state index in [1.165, 1.54) is 12.1 Å². The van der Waals surface area contributed by atoms with Gasteiger partial charge in [0.15, 0.2) is 0 Å². The zero-order chi connectivity index (χ0) is 15.3. The molecule has 1 atom stereocenters. The highest BCUT2D eigenvalue weighted by Gasteiger charge is 2.20. The van der Waals surface area contributed by atoms with Crippen molar-refractivity contribution in [1.29, 1.82) is 0 Å². The molecule has 0 bridgehead atoms. The number of alkyl halides is 1. The number of nitro benzene ring substituents is 1. The average Bonchev–Trinajstić information content (AvgIpc) is 2.37. The van der Waals surface area contributed by atoms with E-state index in [2.05, 4.69) is 35.1 Å². The number of nitrogens with one attached hydrogen (secondary N) is 1. The molecule has 0 aliphatic rings. The number of benzene rings is 1. The highest BCUT2D eigenvalue weighted by molar-refractivity contribution is 9.09. The van der Waals surface area contributed by atoms with Crippen LogP contribution in [0, 0.1) is 23.0 Å². The molecule has 0 spiro atoms. The van der Waals surface area contributed by atoms with Gasteiger partial charge in [0.2, 0.25) is 0 Å². The molecule has 5 nitrogen and oxygen atoms in total. The Morgan fingerprint density at radius 2 is 2.10 bits per heavy atom. The lowest BCUT2D eigenvalue weighted by Crippen LogP contribution is -2.37. The Morgan fingerprint density at radius 3 is 2.60 bits per heavy atom. The topological polar surface area (TPSA) is 72.2 Å². The summed E-state index contributed by atoms with van der Waals surface area (Å²) in [4.78, 5) is 22.7. The molecule has 0 aliphatic carbocycles. The van der Waals surface area contributed by atoms with E-state index in [0.717, 1.165) is 6.42 Å². The van der Waals surface area contributed by atoms with Gasteiger partial charge in [-0.05, 0) is 25.3 Å². The predicted molar refractivity (Wildman–Crippen MR) is 82.3 cm³/mol. The number of nitrogens with zero attached hydrogens (tertiary/aromatic N) is 1. The summed E-state index contributed by atoms with van der Waals surface area (Å²) >= 11 is 3.38. The van der Waals surface area contributed by atoms with Gasteiger partial charge in [-0.3, -0.25) is 14.9 Å². The van der Waals surface area contributed by atoms with E-state index in [4.69, 9.17) is 0 Å². The minimum atomic E-state index is -0.470. The molecule has 110 valence electrons. The number of hydrogen-bond donors (Lipinski definition) is 1. The molecule has 0 saturated heterocycles. The molecule has 6 heteroatoms. The van der Waals surface area contributed by atoms with Crippen molar-refractivity contribution in [2.75, 3.05) is 5.33 Å². The smallest absolute Gasteiger partial charge is 0.273 e. The van der Waals surface area contributed by atoms with E-state index in [1.807, 2.05) is 0 Å². The van der Waals surface area contributed by atoms with Crippen LogP contribution in [0.4, 0.5) is 5.69 Å². The summed E-state index contributed by atoms with van der Waals surface area (Å²) in [6.45, 7) is 5.76. The monoisotopic (exact) mass is 342 g/mol. The van der Waals surface area contributed by atoms with Crippen LogP contribution in [0.15, 0.2) is 18.2 Å². The van der Waals surface area contributed by atoms with Crippen LogP contribution in [0.1, 0.15) is 36.2 Å². The summed E-state index contributed by atoms with van der Waals surface area (Å²) in [5.74, 6) is 0.195. The lowest BCUT2D eigenvalue weighted by molar-refractivity contribution is -0.385. The average molecular weight is 343 g/mol. The molecule has 0 heterocycles. The molecule has 1 amide bonds. The van der Waals surface area contributed by atoms with Crippen LogP contribution < -0.4 is 5.32 Å². The Morgan fingerprint density at radius 1 is 1.45 bits per heavy atom. The number of carbonyl (C=O) groups excluding carboxylic acids is 1. The van der Waals surface area contributed by atoms with Crippen LogP contribution in [-0.2, 0) is 0 Å². The number of amides is 1. The van der Waals surface area contributed by atoms with Crippen molar-refractivity contribution in [2.24, 2.45) is 5.92 Å². The van der Waals surface area contributed by atoms with Gasteiger partial charge in [-0.25, -0.2) is 0 Å². The van der Waals surface area contributed by atoms with Crippen LogP contribution >= 0.6 is 15.9 Å². The Kier molecular flexibility index (Phi) is 6.13. The maximum Gasteiger partial charge on any atom is 0.273 e. The standard InChI is InChI=1S/C14H19BrN2O3/c1-9(2)7-11(8-15)16-14(18)12-5-4-6-13(10(12)3)17(19)20/h4-6,9,11H,7-8H2,1-3H3,(H,16,18). The fraction of sp³-hybridized carbons (Fsp3) is 0.500. The summed E-state index contributed by atoms with van der Waals surface area (Å²) in [6.07, 6.45) is 0.852. The minimum Gasteiger partial charge on any atom is -0.348 e. The van der Waals surface area contributed by atoms with Crippen LogP contribution in [0.3, 0.4) is 0 Å². The molecule has 1 unspecified atom stereocenters. The zero-order valence-electron chi connectivity index (χ0n) is 11.9. The fourth-order valence-corrected chi connectivity index (χ4v) is 2.49. The molecule has 1 aromatic carbocycles. The third-order valence-electron chi connectivity index (χ3n) is 3.02. The molecule has 1 aromatic rings. The van der Waals surface area contributed by atoms with Crippen molar-refractivity contribution in [3.8, 4) is 0 Å². The Bertz CT molecular complexity index is 503. The third-order valence-corrected chi connectivity index (χ3v) is 3.81. The highest BCUT2D eigenvalue weighted by Crippen LogP contribution is 2.21. The molecule has 0 aliphatic heterocycles. The molecule has 1 rings (SSSR count). The maximum absolute atomic E-state index is 12.2. The Balaban J connectivity index is 2.92. The van der Waals surface area contributed by atoms with Crippen molar-refractivity contribution in [2.45, 2.75) is 33.2 Å². The number of hydrogen-bond acceptors (Lipinski definition) is 3. The molecular formula is C14H19BrN2O3. The number of halogens is 1. The van der Waals surface area contributed by atoms with E-state index in [1.54, 1.807) is 13.0 Å². The van der Waals surface area contributed by atoms with Crippen molar-refractivity contribution < 1.29 is 9.72 Å². The predicted octanol–water partition coefficient (Wildman–Crippen LogP) is 3.44. The second-order valence-electron chi connectivity index (χ2n) is 5.16. The lowest BCUT2D eigenvalue weighted by Gasteiger charge is -2.18. The summed E-state index contributed by atoms with van der Waals surface area (Å²) in [5, 5.41) is 14.5. The SMILES string of the molecule is Cc1c(C(=O)NC(CBr)CC(C)C)cccc1[N+](=O)[O-]. The molecule has 1 N–H and O–H groups in total. The second-order valence-corrected chi connectivity index (χ2v) is 5.81. The van der Waals surface area contributed by atoms with E-state index >= 15 is 0 Å². The first-order valence-corrected chi connectivity index (χ1v) is 7.59. The van der Waals surface area contributed by atoms with Gasteiger partial charge in [-0.15, -0.1) is 0 Å². The van der Waals surface area contributed by atoms with Crippen LogP contribution in [0.25, 0.3) is 0 Å². The quantitative estimate of drug-likeness (QED) is 0.489.